The zero-order valence-corrected chi connectivity index (χ0v) is 11.5. The average molecular weight is 271 g/mol. The number of pyridine rings is 1. The van der Waals surface area contributed by atoms with Crippen LogP contribution in [0.1, 0.15) is 25.0 Å². The van der Waals surface area contributed by atoms with Crippen molar-refractivity contribution in [3.05, 3.63) is 53.9 Å². The number of nitrogens with zero attached hydrogens (tertiary/aromatic N) is 1. The van der Waals surface area contributed by atoms with Gasteiger partial charge < -0.3 is 14.6 Å². The first-order chi connectivity index (χ1) is 9.62. The van der Waals surface area contributed by atoms with Gasteiger partial charge in [-0.15, -0.1) is 0 Å². The van der Waals surface area contributed by atoms with E-state index in [9.17, 15) is 5.11 Å². The lowest BCUT2D eigenvalue weighted by Crippen LogP contribution is -2.33. The zero-order valence-electron chi connectivity index (χ0n) is 11.5. The summed E-state index contributed by atoms with van der Waals surface area (Å²) in [7, 11) is 0. The number of rotatable bonds is 3. The fraction of sp³-hybridized carbons (Fsp3) is 0.312. The lowest BCUT2D eigenvalue weighted by Gasteiger charge is -2.33. The minimum Gasteiger partial charge on any atom is -0.454 e. The SMILES string of the molecule is CC(C)C(O)(c1cccnc1)c1ccc2c(c1)OCO2. The molecule has 4 nitrogen and oxygen atoms in total. The van der Waals surface area contributed by atoms with Gasteiger partial charge in [-0.2, -0.15) is 0 Å². The molecule has 1 unspecified atom stereocenters. The van der Waals surface area contributed by atoms with Crippen molar-refractivity contribution < 1.29 is 14.6 Å². The number of ether oxygens (including phenoxy) is 2. The van der Waals surface area contributed by atoms with E-state index in [1.54, 1.807) is 12.4 Å². The number of aromatic nitrogens is 1. The van der Waals surface area contributed by atoms with Gasteiger partial charge >= 0.3 is 0 Å². The zero-order chi connectivity index (χ0) is 14.2. The number of aliphatic hydroxyl groups is 1. The molecule has 1 aliphatic rings. The highest BCUT2D eigenvalue weighted by Gasteiger charge is 2.36. The Morgan fingerprint density at radius 2 is 1.95 bits per heavy atom. The molecule has 2 heterocycles. The highest BCUT2D eigenvalue weighted by molar-refractivity contribution is 5.48. The Morgan fingerprint density at radius 3 is 2.65 bits per heavy atom. The summed E-state index contributed by atoms with van der Waals surface area (Å²) in [4.78, 5) is 4.12. The fourth-order valence-electron chi connectivity index (χ4n) is 2.56. The first-order valence-electron chi connectivity index (χ1n) is 6.65. The van der Waals surface area contributed by atoms with E-state index < -0.39 is 5.60 Å². The van der Waals surface area contributed by atoms with Gasteiger partial charge in [-0.1, -0.05) is 26.0 Å². The summed E-state index contributed by atoms with van der Waals surface area (Å²) in [5.41, 5.74) is 0.452. The molecule has 3 rings (SSSR count). The molecule has 20 heavy (non-hydrogen) atoms. The maximum Gasteiger partial charge on any atom is 0.231 e. The molecule has 1 N–H and O–H groups in total. The molecule has 4 heteroatoms. The van der Waals surface area contributed by atoms with Gasteiger partial charge in [0.1, 0.15) is 5.60 Å². The highest BCUT2D eigenvalue weighted by Crippen LogP contribution is 2.41. The van der Waals surface area contributed by atoms with Crippen molar-refractivity contribution in [2.75, 3.05) is 6.79 Å². The molecule has 0 fully saturated rings. The van der Waals surface area contributed by atoms with Crippen LogP contribution in [0.15, 0.2) is 42.7 Å². The molecule has 0 spiro atoms. The number of hydrogen-bond donors (Lipinski definition) is 1. The van der Waals surface area contributed by atoms with Crippen molar-refractivity contribution in [2.45, 2.75) is 19.4 Å². The van der Waals surface area contributed by atoms with Gasteiger partial charge in [0.25, 0.3) is 0 Å². The van der Waals surface area contributed by atoms with Crippen LogP contribution in [0, 0.1) is 5.92 Å². The first-order valence-corrected chi connectivity index (χ1v) is 6.65. The lowest BCUT2D eigenvalue weighted by molar-refractivity contribution is 0.0313. The second-order valence-electron chi connectivity index (χ2n) is 5.23. The largest absolute Gasteiger partial charge is 0.454 e. The van der Waals surface area contributed by atoms with E-state index in [0.29, 0.717) is 11.5 Å². The Balaban J connectivity index is 2.12. The van der Waals surface area contributed by atoms with Crippen LogP contribution in [0.4, 0.5) is 0 Å². The van der Waals surface area contributed by atoms with Crippen molar-refractivity contribution in [3.8, 4) is 11.5 Å². The molecule has 0 saturated heterocycles. The van der Waals surface area contributed by atoms with Crippen LogP contribution in [0.25, 0.3) is 0 Å². The maximum absolute atomic E-state index is 11.2. The molecule has 0 bridgehead atoms. The Kier molecular flexibility index (Phi) is 3.10. The molecule has 0 aliphatic carbocycles. The molecular formula is C16H17NO3. The van der Waals surface area contributed by atoms with Gasteiger partial charge in [0.15, 0.2) is 11.5 Å². The van der Waals surface area contributed by atoms with Crippen LogP contribution in [-0.2, 0) is 5.60 Å². The third kappa shape index (κ3) is 1.93. The van der Waals surface area contributed by atoms with Gasteiger partial charge in [-0.05, 0) is 29.7 Å². The third-order valence-corrected chi connectivity index (χ3v) is 3.75. The van der Waals surface area contributed by atoms with Crippen molar-refractivity contribution in [2.24, 2.45) is 5.92 Å². The van der Waals surface area contributed by atoms with Gasteiger partial charge in [-0.3, -0.25) is 4.98 Å². The quantitative estimate of drug-likeness (QED) is 0.932. The normalized spacial score (nSPS) is 16.2. The summed E-state index contributed by atoms with van der Waals surface area (Å²) in [6.07, 6.45) is 3.40. The number of hydrogen-bond acceptors (Lipinski definition) is 4. The molecule has 0 radical (unpaired) electrons. The number of benzene rings is 1. The number of fused-ring (bicyclic) bond motifs is 1. The van der Waals surface area contributed by atoms with Gasteiger partial charge in [-0.25, -0.2) is 0 Å². The van der Waals surface area contributed by atoms with Crippen LogP contribution >= 0.6 is 0 Å². The molecule has 1 aromatic carbocycles. The van der Waals surface area contributed by atoms with Crippen LogP contribution in [0.2, 0.25) is 0 Å². The van der Waals surface area contributed by atoms with Crippen molar-refractivity contribution >= 4 is 0 Å². The average Bonchev–Trinajstić information content (AvgIpc) is 2.94. The molecule has 1 atom stereocenters. The van der Waals surface area contributed by atoms with Crippen LogP contribution in [0.3, 0.4) is 0 Å². The highest BCUT2D eigenvalue weighted by atomic mass is 16.7. The summed E-state index contributed by atoms with van der Waals surface area (Å²) >= 11 is 0. The summed E-state index contributed by atoms with van der Waals surface area (Å²) < 4.78 is 10.7. The fourth-order valence-corrected chi connectivity index (χ4v) is 2.56. The standard InChI is InChI=1S/C16H17NO3/c1-11(2)16(18,13-4-3-7-17-9-13)12-5-6-14-15(8-12)20-10-19-14/h3-9,11,18H,10H2,1-2H3. The van der Waals surface area contributed by atoms with Crippen LogP contribution in [0.5, 0.6) is 11.5 Å². The van der Waals surface area contributed by atoms with Crippen LogP contribution < -0.4 is 9.47 Å². The topological polar surface area (TPSA) is 51.6 Å². The molecular weight excluding hydrogens is 254 g/mol. The van der Waals surface area contributed by atoms with Crippen LogP contribution in [-0.4, -0.2) is 16.9 Å². The molecule has 0 amide bonds. The minimum atomic E-state index is -1.10. The summed E-state index contributed by atoms with van der Waals surface area (Å²) in [6, 6.07) is 9.27. The van der Waals surface area contributed by atoms with Gasteiger partial charge in [0.05, 0.1) is 0 Å². The smallest absolute Gasteiger partial charge is 0.231 e. The molecule has 1 aromatic heterocycles. The Morgan fingerprint density at radius 1 is 1.15 bits per heavy atom. The molecule has 1 aliphatic heterocycles. The Labute approximate surface area is 118 Å². The van der Waals surface area contributed by atoms with Gasteiger partial charge in [0.2, 0.25) is 6.79 Å². The van der Waals surface area contributed by atoms with Crippen molar-refractivity contribution in [1.82, 2.24) is 4.98 Å². The summed E-state index contributed by atoms with van der Waals surface area (Å²) in [5.74, 6) is 1.38. The molecule has 104 valence electrons. The predicted octanol–water partition coefficient (Wildman–Crippen LogP) is 2.70. The Bertz CT molecular complexity index is 612. The van der Waals surface area contributed by atoms with E-state index in [1.807, 2.05) is 44.2 Å². The van der Waals surface area contributed by atoms with E-state index in [-0.39, 0.29) is 12.7 Å². The Hall–Kier alpha value is -2.07. The maximum atomic E-state index is 11.2. The minimum absolute atomic E-state index is 0.00734. The van der Waals surface area contributed by atoms with E-state index in [4.69, 9.17) is 9.47 Å². The molecule has 2 aromatic rings. The predicted molar refractivity (Wildman–Crippen MR) is 74.6 cm³/mol. The van der Waals surface area contributed by atoms with E-state index in [2.05, 4.69) is 4.98 Å². The van der Waals surface area contributed by atoms with E-state index in [0.717, 1.165) is 11.1 Å². The summed E-state index contributed by atoms with van der Waals surface area (Å²) in [5, 5.41) is 11.2. The second kappa shape index (κ2) is 4.80. The second-order valence-corrected chi connectivity index (χ2v) is 5.23. The van der Waals surface area contributed by atoms with Gasteiger partial charge in [0, 0.05) is 18.0 Å². The monoisotopic (exact) mass is 271 g/mol. The van der Waals surface area contributed by atoms with Crippen molar-refractivity contribution in [3.63, 3.8) is 0 Å². The first kappa shape index (κ1) is 12.9. The third-order valence-electron chi connectivity index (χ3n) is 3.75. The lowest BCUT2D eigenvalue weighted by atomic mass is 9.78. The summed E-state index contributed by atoms with van der Waals surface area (Å²) in [6.45, 7) is 4.20. The van der Waals surface area contributed by atoms with E-state index in [1.165, 1.54) is 0 Å². The van der Waals surface area contributed by atoms with Crippen molar-refractivity contribution in [1.29, 1.82) is 0 Å². The van der Waals surface area contributed by atoms with E-state index >= 15 is 0 Å². The molecule has 0 saturated carbocycles.